The third kappa shape index (κ3) is 11.9. The summed E-state index contributed by atoms with van der Waals surface area (Å²) in [6.45, 7) is 17.3. The SMILES string of the molecule is CCN(C(C)C)C(C)C.COCCOc1nc(N)c2[nH]c(=O)n(Cc3cccc(CP(=O)(O)OCOC(=O)C(C)(C)C)c3)c2n1. The molecule has 14 nitrogen and oxygen atoms in total. The number of nitrogens with one attached hydrogen (secondary N) is 1. The third-order valence-electron chi connectivity index (χ3n) is 6.61. The third-order valence-corrected chi connectivity index (χ3v) is 7.89. The number of esters is 1. The molecular weight excluding hydrogens is 603 g/mol. The number of carbonyl (C=O) groups excluding carboxylic acids is 1. The molecule has 2 heterocycles. The molecule has 0 bridgehead atoms. The molecule has 1 atom stereocenters. The standard InChI is InChI=1S/C22H30N5O8P.C8H19N/c1-22(2,3)19(28)34-13-35-36(30,31)12-15-7-5-6-14(10-15)11-27-18-16(24-21(27)29)17(23)25-20(26-18)33-9-8-32-4;1-6-9(7(2)3)8(4)5/h5-7,10H,8-9,11-13H2,1-4H3,(H,24,29)(H,30,31)(H2,23,25,26);7-8H,6H2,1-5H3. The summed E-state index contributed by atoms with van der Waals surface area (Å²) >= 11 is 0. The van der Waals surface area contributed by atoms with Crippen LogP contribution in [0, 0.1) is 5.41 Å². The number of aromatic amines is 1. The van der Waals surface area contributed by atoms with E-state index in [9.17, 15) is 19.0 Å². The largest absolute Gasteiger partial charge is 0.461 e. The minimum atomic E-state index is -4.10. The van der Waals surface area contributed by atoms with E-state index >= 15 is 0 Å². The minimum absolute atomic E-state index is 0.00378. The Bertz CT molecular complexity index is 1490. The van der Waals surface area contributed by atoms with Crippen molar-refractivity contribution < 1.29 is 33.0 Å². The first-order valence-electron chi connectivity index (χ1n) is 14.8. The number of aromatic nitrogens is 4. The lowest BCUT2D eigenvalue weighted by atomic mass is 9.98. The fraction of sp³-hybridized carbons (Fsp3) is 0.600. The molecule has 0 saturated heterocycles. The van der Waals surface area contributed by atoms with E-state index in [4.69, 9.17) is 24.5 Å². The van der Waals surface area contributed by atoms with E-state index in [1.807, 2.05) is 0 Å². The quantitative estimate of drug-likeness (QED) is 0.0980. The second-order valence-electron chi connectivity index (χ2n) is 12.0. The van der Waals surface area contributed by atoms with E-state index < -0.39 is 31.5 Å². The van der Waals surface area contributed by atoms with E-state index in [2.05, 4.69) is 54.5 Å². The lowest BCUT2D eigenvalue weighted by molar-refractivity contribution is -0.159. The molecule has 0 spiro atoms. The van der Waals surface area contributed by atoms with Gasteiger partial charge in [0, 0.05) is 19.2 Å². The summed E-state index contributed by atoms with van der Waals surface area (Å²) in [6.07, 6.45) is -0.316. The van der Waals surface area contributed by atoms with Crippen molar-refractivity contribution in [2.75, 3.05) is 39.4 Å². The summed E-state index contributed by atoms with van der Waals surface area (Å²) < 4.78 is 34.1. The number of methoxy groups -OCH3 is 1. The van der Waals surface area contributed by atoms with Crippen molar-refractivity contribution in [2.24, 2.45) is 5.41 Å². The predicted molar refractivity (Wildman–Crippen MR) is 173 cm³/mol. The molecular formula is C30H49N6O8P. The number of hydrogen-bond donors (Lipinski definition) is 3. The molecule has 0 saturated carbocycles. The van der Waals surface area contributed by atoms with Crippen molar-refractivity contribution in [1.29, 1.82) is 0 Å². The molecule has 0 aliphatic carbocycles. The summed E-state index contributed by atoms with van der Waals surface area (Å²) in [5.41, 5.74) is 6.42. The van der Waals surface area contributed by atoms with Crippen LogP contribution in [0.1, 0.15) is 66.5 Å². The number of nitrogens with two attached hydrogens (primary N) is 1. The maximum Gasteiger partial charge on any atom is 0.335 e. The number of nitrogens with zero attached hydrogens (tertiary/aromatic N) is 4. The molecule has 0 radical (unpaired) electrons. The van der Waals surface area contributed by atoms with Crippen LogP contribution in [0.2, 0.25) is 0 Å². The van der Waals surface area contributed by atoms with Gasteiger partial charge in [0.05, 0.1) is 24.7 Å². The van der Waals surface area contributed by atoms with Gasteiger partial charge in [-0.15, -0.1) is 0 Å². The minimum Gasteiger partial charge on any atom is -0.461 e. The molecule has 0 aliphatic heterocycles. The van der Waals surface area contributed by atoms with Crippen molar-refractivity contribution in [2.45, 2.75) is 80.2 Å². The van der Waals surface area contributed by atoms with Gasteiger partial charge in [-0.3, -0.25) is 23.4 Å². The Morgan fingerprint density at radius 1 is 1.13 bits per heavy atom. The number of rotatable bonds is 14. The number of hydrogen-bond acceptors (Lipinski definition) is 11. The molecule has 0 aliphatic rings. The summed E-state index contributed by atoms with van der Waals surface area (Å²) in [5.74, 6) is -0.493. The van der Waals surface area contributed by atoms with Crippen LogP contribution in [0.5, 0.6) is 6.01 Å². The Kier molecular flexibility index (Phi) is 14.2. The summed E-state index contributed by atoms with van der Waals surface area (Å²) in [4.78, 5) is 48.0. The average molecular weight is 653 g/mol. The van der Waals surface area contributed by atoms with Gasteiger partial charge in [0.15, 0.2) is 11.5 Å². The Morgan fingerprint density at radius 2 is 1.78 bits per heavy atom. The van der Waals surface area contributed by atoms with Crippen molar-refractivity contribution in [3.05, 3.63) is 45.9 Å². The van der Waals surface area contributed by atoms with Crippen LogP contribution < -0.4 is 16.2 Å². The smallest absolute Gasteiger partial charge is 0.335 e. The number of ether oxygens (including phenoxy) is 3. The topological polar surface area (TPSA) is 184 Å². The zero-order chi connectivity index (χ0) is 33.9. The Balaban J connectivity index is 0.000000681. The molecule has 15 heteroatoms. The first kappa shape index (κ1) is 37.9. The molecule has 252 valence electrons. The second kappa shape index (κ2) is 16.9. The van der Waals surface area contributed by atoms with Crippen LogP contribution in [0.4, 0.5) is 5.82 Å². The van der Waals surface area contributed by atoms with Gasteiger partial charge in [-0.2, -0.15) is 9.97 Å². The van der Waals surface area contributed by atoms with Crippen molar-refractivity contribution >= 4 is 30.5 Å². The lowest BCUT2D eigenvalue weighted by Crippen LogP contribution is -2.36. The zero-order valence-corrected chi connectivity index (χ0v) is 28.7. The number of imidazole rings is 1. The van der Waals surface area contributed by atoms with Crippen molar-refractivity contribution in [3.63, 3.8) is 0 Å². The normalized spacial score (nSPS) is 13.2. The number of fused-ring (bicyclic) bond motifs is 1. The maximum atomic E-state index is 12.6. The fourth-order valence-electron chi connectivity index (χ4n) is 4.45. The average Bonchev–Trinajstić information content (AvgIpc) is 3.23. The lowest BCUT2D eigenvalue weighted by Gasteiger charge is -2.28. The molecule has 4 N–H and O–H groups in total. The Labute approximate surface area is 264 Å². The van der Waals surface area contributed by atoms with Gasteiger partial charge in [-0.05, 0) is 66.1 Å². The zero-order valence-electron chi connectivity index (χ0n) is 27.8. The van der Waals surface area contributed by atoms with Gasteiger partial charge in [0.1, 0.15) is 12.1 Å². The highest BCUT2D eigenvalue weighted by molar-refractivity contribution is 7.51. The molecule has 45 heavy (non-hydrogen) atoms. The molecule has 2 aromatic heterocycles. The van der Waals surface area contributed by atoms with Gasteiger partial charge in [-0.1, -0.05) is 31.2 Å². The molecule has 1 unspecified atom stereocenters. The van der Waals surface area contributed by atoms with Gasteiger partial charge in [0.25, 0.3) is 0 Å². The summed E-state index contributed by atoms with van der Waals surface area (Å²) in [6, 6.07) is 8.14. The molecule has 0 amide bonds. The highest BCUT2D eigenvalue weighted by Crippen LogP contribution is 2.45. The summed E-state index contributed by atoms with van der Waals surface area (Å²) in [7, 11) is -2.57. The van der Waals surface area contributed by atoms with E-state index in [0.29, 0.717) is 29.8 Å². The summed E-state index contributed by atoms with van der Waals surface area (Å²) in [5, 5.41) is 0. The fourth-order valence-corrected chi connectivity index (χ4v) is 5.42. The number of anilines is 1. The van der Waals surface area contributed by atoms with E-state index in [1.54, 1.807) is 45.0 Å². The first-order chi connectivity index (χ1) is 21.0. The van der Waals surface area contributed by atoms with Crippen LogP contribution in [0.25, 0.3) is 11.2 Å². The van der Waals surface area contributed by atoms with E-state index in [1.165, 1.54) is 11.7 Å². The number of H-pyrrole nitrogens is 1. The van der Waals surface area contributed by atoms with Crippen molar-refractivity contribution in [1.82, 2.24) is 24.4 Å². The highest BCUT2D eigenvalue weighted by atomic mass is 31.2. The second-order valence-corrected chi connectivity index (χ2v) is 13.9. The monoisotopic (exact) mass is 652 g/mol. The molecule has 0 fully saturated rings. The molecule has 3 rings (SSSR count). The first-order valence-corrected chi connectivity index (χ1v) is 16.6. The molecule has 3 aromatic rings. The van der Waals surface area contributed by atoms with E-state index in [0.717, 1.165) is 6.54 Å². The maximum absolute atomic E-state index is 12.6. The van der Waals surface area contributed by atoms with Gasteiger partial charge in [0.2, 0.25) is 6.79 Å². The van der Waals surface area contributed by atoms with Gasteiger partial charge in [-0.25, -0.2) is 4.79 Å². The van der Waals surface area contributed by atoms with Crippen molar-refractivity contribution in [3.8, 4) is 6.01 Å². The molecule has 1 aromatic carbocycles. The number of nitrogen functional groups attached to an aromatic ring is 1. The van der Waals surface area contributed by atoms with Crippen LogP contribution in [0.3, 0.4) is 0 Å². The number of carbonyl (C=O) groups is 1. The number of benzene rings is 1. The Morgan fingerprint density at radius 3 is 2.33 bits per heavy atom. The van der Waals surface area contributed by atoms with E-state index in [-0.39, 0.29) is 42.3 Å². The van der Waals surface area contributed by atoms with Gasteiger partial charge >= 0.3 is 25.3 Å². The Hall–Kier alpha value is -3.29. The van der Waals surface area contributed by atoms with Crippen LogP contribution >= 0.6 is 7.60 Å². The van der Waals surface area contributed by atoms with Crippen LogP contribution in [0.15, 0.2) is 29.1 Å². The van der Waals surface area contributed by atoms with Crippen LogP contribution in [-0.2, 0) is 36.1 Å². The highest BCUT2D eigenvalue weighted by Gasteiger charge is 2.26. The van der Waals surface area contributed by atoms with Crippen LogP contribution in [-0.4, -0.2) is 81.0 Å². The van der Waals surface area contributed by atoms with Gasteiger partial charge < -0.3 is 29.8 Å². The predicted octanol–water partition coefficient (Wildman–Crippen LogP) is 4.15.